The molecule has 1 aromatic carbocycles. The second kappa shape index (κ2) is 7.39. The summed E-state index contributed by atoms with van der Waals surface area (Å²) in [6.07, 6.45) is 1.53. The maximum absolute atomic E-state index is 9.87. The fourth-order valence-corrected chi connectivity index (χ4v) is 2.16. The lowest BCUT2D eigenvalue weighted by Gasteiger charge is -2.18. The largest absolute Gasteiger partial charge is 0.496 e. The molecule has 2 unspecified atom stereocenters. The predicted molar refractivity (Wildman–Crippen MR) is 73.0 cm³/mol. The van der Waals surface area contributed by atoms with Gasteiger partial charge in [0.05, 0.1) is 19.3 Å². The zero-order chi connectivity index (χ0) is 13.5. The SMILES string of the molecule is CCCC(O)C(O)CCc1c(C)cccc1OC. The van der Waals surface area contributed by atoms with Crippen molar-refractivity contribution < 1.29 is 14.9 Å². The molecule has 18 heavy (non-hydrogen) atoms. The summed E-state index contributed by atoms with van der Waals surface area (Å²) in [6.45, 7) is 4.03. The summed E-state index contributed by atoms with van der Waals surface area (Å²) in [5.41, 5.74) is 2.27. The van der Waals surface area contributed by atoms with Crippen LogP contribution in [0.25, 0.3) is 0 Å². The minimum absolute atomic E-state index is 0.558. The molecule has 0 spiro atoms. The van der Waals surface area contributed by atoms with Gasteiger partial charge >= 0.3 is 0 Å². The number of benzene rings is 1. The second-order valence-electron chi connectivity index (χ2n) is 4.72. The Morgan fingerprint density at radius 2 is 1.83 bits per heavy atom. The van der Waals surface area contributed by atoms with Crippen molar-refractivity contribution in [2.75, 3.05) is 7.11 Å². The van der Waals surface area contributed by atoms with Gasteiger partial charge in [-0.1, -0.05) is 25.5 Å². The molecule has 0 aromatic heterocycles. The lowest BCUT2D eigenvalue weighted by atomic mass is 9.97. The Morgan fingerprint density at radius 3 is 2.44 bits per heavy atom. The van der Waals surface area contributed by atoms with Crippen LogP contribution in [0.2, 0.25) is 0 Å². The molecule has 2 atom stereocenters. The third-order valence-electron chi connectivity index (χ3n) is 3.31. The first-order chi connectivity index (χ1) is 8.60. The zero-order valence-electron chi connectivity index (χ0n) is 11.5. The molecule has 3 nitrogen and oxygen atoms in total. The van der Waals surface area contributed by atoms with E-state index in [9.17, 15) is 10.2 Å². The molecule has 102 valence electrons. The molecular weight excluding hydrogens is 228 g/mol. The minimum atomic E-state index is -0.658. The smallest absolute Gasteiger partial charge is 0.122 e. The summed E-state index contributed by atoms with van der Waals surface area (Å²) in [7, 11) is 1.65. The van der Waals surface area contributed by atoms with Crippen LogP contribution in [-0.2, 0) is 6.42 Å². The van der Waals surface area contributed by atoms with E-state index < -0.39 is 12.2 Å². The number of ether oxygens (including phenoxy) is 1. The zero-order valence-corrected chi connectivity index (χ0v) is 11.5. The highest BCUT2D eigenvalue weighted by Gasteiger charge is 2.16. The lowest BCUT2D eigenvalue weighted by Crippen LogP contribution is -2.26. The molecule has 0 aliphatic carbocycles. The molecular formula is C15H24O3. The van der Waals surface area contributed by atoms with E-state index in [1.165, 1.54) is 0 Å². The highest BCUT2D eigenvalue weighted by molar-refractivity contribution is 5.39. The van der Waals surface area contributed by atoms with E-state index in [1.807, 2.05) is 32.0 Å². The van der Waals surface area contributed by atoms with Crippen molar-refractivity contribution in [3.63, 3.8) is 0 Å². The number of rotatable bonds is 7. The van der Waals surface area contributed by atoms with Gasteiger partial charge in [0, 0.05) is 0 Å². The van der Waals surface area contributed by atoms with Gasteiger partial charge < -0.3 is 14.9 Å². The Kier molecular flexibility index (Phi) is 6.16. The fraction of sp³-hybridized carbons (Fsp3) is 0.600. The van der Waals surface area contributed by atoms with Gasteiger partial charge in [0.1, 0.15) is 5.75 Å². The molecule has 0 aliphatic heterocycles. The van der Waals surface area contributed by atoms with E-state index in [4.69, 9.17) is 4.74 Å². The summed E-state index contributed by atoms with van der Waals surface area (Å²) in [6, 6.07) is 5.92. The maximum atomic E-state index is 9.87. The van der Waals surface area contributed by atoms with Gasteiger partial charge in [0.2, 0.25) is 0 Å². The second-order valence-corrected chi connectivity index (χ2v) is 4.72. The molecule has 1 aromatic rings. The Hall–Kier alpha value is -1.06. The highest BCUT2D eigenvalue weighted by atomic mass is 16.5. The summed E-state index contributed by atoms with van der Waals surface area (Å²) in [4.78, 5) is 0. The predicted octanol–water partition coefficient (Wildman–Crippen LogP) is 2.46. The highest BCUT2D eigenvalue weighted by Crippen LogP contribution is 2.24. The molecule has 2 N–H and O–H groups in total. The van der Waals surface area contributed by atoms with Crippen LogP contribution in [0.1, 0.15) is 37.3 Å². The van der Waals surface area contributed by atoms with E-state index >= 15 is 0 Å². The first kappa shape index (κ1) is 15.0. The summed E-state index contributed by atoms with van der Waals surface area (Å²) >= 11 is 0. The summed E-state index contributed by atoms with van der Waals surface area (Å²) in [5, 5.41) is 19.6. The van der Waals surface area contributed by atoms with Crippen molar-refractivity contribution in [2.45, 2.75) is 51.7 Å². The van der Waals surface area contributed by atoms with Crippen LogP contribution in [0.5, 0.6) is 5.75 Å². The normalized spacial score (nSPS) is 14.3. The van der Waals surface area contributed by atoms with Crippen molar-refractivity contribution in [1.29, 1.82) is 0 Å². The number of hydrogen-bond acceptors (Lipinski definition) is 3. The Labute approximate surface area is 109 Å². The standard InChI is InChI=1S/C15H24O3/c1-4-6-13(16)14(17)10-9-12-11(2)7-5-8-15(12)18-3/h5,7-8,13-14,16-17H,4,6,9-10H2,1-3H3. The van der Waals surface area contributed by atoms with Gasteiger partial charge in [-0.2, -0.15) is 0 Å². The van der Waals surface area contributed by atoms with E-state index in [2.05, 4.69) is 0 Å². The van der Waals surface area contributed by atoms with E-state index in [1.54, 1.807) is 7.11 Å². The van der Waals surface area contributed by atoms with Gasteiger partial charge in [0.15, 0.2) is 0 Å². The number of hydrogen-bond donors (Lipinski definition) is 2. The van der Waals surface area contributed by atoms with Crippen LogP contribution in [0.4, 0.5) is 0 Å². The minimum Gasteiger partial charge on any atom is -0.496 e. The van der Waals surface area contributed by atoms with Crippen molar-refractivity contribution >= 4 is 0 Å². The molecule has 0 saturated heterocycles. The Balaban J connectivity index is 2.63. The van der Waals surface area contributed by atoms with Crippen molar-refractivity contribution in [3.8, 4) is 5.75 Å². The van der Waals surface area contributed by atoms with Crippen molar-refractivity contribution in [1.82, 2.24) is 0 Å². The van der Waals surface area contributed by atoms with Crippen LogP contribution in [0, 0.1) is 6.92 Å². The van der Waals surface area contributed by atoms with Crippen LogP contribution in [0.3, 0.4) is 0 Å². The average Bonchev–Trinajstić information content (AvgIpc) is 2.36. The van der Waals surface area contributed by atoms with Crippen molar-refractivity contribution in [2.24, 2.45) is 0 Å². The van der Waals surface area contributed by atoms with E-state index in [0.717, 1.165) is 29.7 Å². The molecule has 0 amide bonds. The van der Waals surface area contributed by atoms with Crippen molar-refractivity contribution in [3.05, 3.63) is 29.3 Å². The fourth-order valence-electron chi connectivity index (χ4n) is 2.16. The third-order valence-corrected chi connectivity index (χ3v) is 3.31. The van der Waals surface area contributed by atoms with Gasteiger partial charge in [-0.25, -0.2) is 0 Å². The molecule has 0 heterocycles. The molecule has 3 heteroatoms. The van der Waals surface area contributed by atoms with Gasteiger partial charge in [0.25, 0.3) is 0 Å². The van der Waals surface area contributed by atoms with Crippen LogP contribution >= 0.6 is 0 Å². The maximum Gasteiger partial charge on any atom is 0.122 e. The molecule has 0 fully saturated rings. The molecule has 0 saturated carbocycles. The number of aliphatic hydroxyl groups is 2. The quantitative estimate of drug-likeness (QED) is 0.783. The Bertz CT molecular complexity index is 363. The molecule has 0 bridgehead atoms. The monoisotopic (exact) mass is 252 g/mol. The first-order valence-electron chi connectivity index (χ1n) is 6.58. The van der Waals surface area contributed by atoms with Gasteiger partial charge in [-0.15, -0.1) is 0 Å². The number of aliphatic hydroxyl groups excluding tert-OH is 2. The van der Waals surface area contributed by atoms with Crippen LogP contribution < -0.4 is 4.74 Å². The molecule has 0 aliphatic rings. The number of methoxy groups -OCH3 is 1. The average molecular weight is 252 g/mol. The summed E-state index contributed by atoms with van der Waals surface area (Å²) in [5.74, 6) is 0.854. The summed E-state index contributed by atoms with van der Waals surface area (Å²) < 4.78 is 5.32. The lowest BCUT2D eigenvalue weighted by molar-refractivity contribution is 0.00972. The molecule has 0 radical (unpaired) electrons. The number of aryl methyl sites for hydroxylation is 1. The van der Waals surface area contributed by atoms with Gasteiger partial charge in [-0.05, 0) is 43.4 Å². The van der Waals surface area contributed by atoms with Gasteiger partial charge in [-0.3, -0.25) is 0 Å². The Morgan fingerprint density at radius 1 is 1.17 bits per heavy atom. The van der Waals surface area contributed by atoms with Crippen LogP contribution in [0.15, 0.2) is 18.2 Å². The van der Waals surface area contributed by atoms with E-state index in [-0.39, 0.29) is 0 Å². The van der Waals surface area contributed by atoms with Crippen LogP contribution in [-0.4, -0.2) is 29.5 Å². The molecule has 1 rings (SSSR count). The first-order valence-corrected chi connectivity index (χ1v) is 6.58. The van der Waals surface area contributed by atoms with E-state index in [0.29, 0.717) is 12.8 Å². The topological polar surface area (TPSA) is 49.7 Å². The third kappa shape index (κ3) is 4.00.